The summed E-state index contributed by atoms with van der Waals surface area (Å²) in [6.45, 7) is 0.233. The molecule has 0 aliphatic carbocycles. The number of hydrogen-bond acceptors (Lipinski definition) is 6. The van der Waals surface area contributed by atoms with E-state index in [2.05, 4.69) is 10.3 Å². The molecule has 1 saturated heterocycles. The van der Waals surface area contributed by atoms with E-state index in [0.29, 0.717) is 11.9 Å². The van der Waals surface area contributed by atoms with E-state index in [9.17, 15) is 12.8 Å². The standard InChI is InChI=1S/C13H15FN2O4S/c1-19-13(5-6-21(17,18)8-13)7-15-12-16-10-4-2-3-9(14)11(10)20-12/h2-4H,5-8H2,1H3,(H,15,16)/t13-/m1/s1. The van der Waals surface area contributed by atoms with Crippen LogP contribution in [0.1, 0.15) is 6.42 Å². The van der Waals surface area contributed by atoms with E-state index in [4.69, 9.17) is 9.15 Å². The zero-order chi connectivity index (χ0) is 15.1. The normalized spacial score (nSPS) is 24.5. The van der Waals surface area contributed by atoms with Crippen molar-refractivity contribution in [3.63, 3.8) is 0 Å². The summed E-state index contributed by atoms with van der Waals surface area (Å²) in [5.74, 6) is -0.430. The average molecular weight is 314 g/mol. The number of halogens is 1. The Balaban J connectivity index is 1.78. The van der Waals surface area contributed by atoms with Crippen molar-refractivity contribution in [2.24, 2.45) is 0 Å². The number of anilines is 1. The molecule has 2 heterocycles. The Morgan fingerprint density at radius 1 is 1.52 bits per heavy atom. The van der Waals surface area contributed by atoms with Gasteiger partial charge in [-0.3, -0.25) is 0 Å². The van der Waals surface area contributed by atoms with E-state index in [1.807, 2.05) is 0 Å². The lowest BCUT2D eigenvalue weighted by Gasteiger charge is -2.25. The number of ether oxygens (including phenoxy) is 1. The third-order valence-corrected chi connectivity index (χ3v) is 5.51. The van der Waals surface area contributed by atoms with Crippen LogP contribution in [-0.2, 0) is 14.6 Å². The van der Waals surface area contributed by atoms with Gasteiger partial charge in [0, 0.05) is 13.7 Å². The number of methoxy groups -OCH3 is 1. The van der Waals surface area contributed by atoms with Gasteiger partial charge in [-0.2, -0.15) is 4.98 Å². The number of hydrogen-bond donors (Lipinski definition) is 1. The Kier molecular flexibility index (Phi) is 3.37. The monoisotopic (exact) mass is 314 g/mol. The minimum absolute atomic E-state index is 0.0436. The van der Waals surface area contributed by atoms with Crippen molar-refractivity contribution in [3.8, 4) is 0 Å². The van der Waals surface area contributed by atoms with Crippen LogP contribution in [0.4, 0.5) is 10.4 Å². The summed E-state index contributed by atoms with van der Waals surface area (Å²) < 4.78 is 47.4. The second-order valence-electron chi connectivity index (χ2n) is 5.19. The highest BCUT2D eigenvalue weighted by molar-refractivity contribution is 7.91. The lowest BCUT2D eigenvalue weighted by molar-refractivity contribution is 0.0237. The van der Waals surface area contributed by atoms with E-state index < -0.39 is 21.3 Å². The summed E-state index contributed by atoms with van der Waals surface area (Å²) in [7, 11) is -1.60. The maximum Gasteiger partial charge on any atom is 0.295 e. The lowest BCUT2D eigenvalue weighted by atomic mass is 10.0. The van der Waals surface area contributed by atoms with Gasteiger partial charge in [0.25, 0.3) is 6.01 Å². The van der Waals surface area contributed by atoms with Crippen molar-refractivity contribution >= 4 is 27.0 Å². The topological polar surface area (TPSA) is 81.4 Å². The van der Waals surface area contributed by atoms with Gasteiger partial charge in [-0.25, -0.2) is 12.8 Å². The third-order valence-electron chi connectivity index (χ3n) is 3.71. The Hall–Kier alpha value is -1.67. The molecule has 114 valence electrons. The summed E-state index contributed by atoms with van der Waals surface area (Å²) in [5.41, 5.74) is -0.314. The van der Waals surface area contributed by atoms with Crippen LogP contribution in [0.5, 0.6) is 0 Å². The molecule has 8 heteroatoms. The minimum Gasteiger partial charge on any atom is -0.420 e. The molecule has 6 nitrogen and oxygen atoms in total. The van der Waals surface area contributed by atoms with Crippen LogP contribution in [-0.4, -0.2) is 44.2 Å². The molecule has 0 radical (unpaired) electrons. The lowest BCUT2D eigenvalue weighted by Crippen LogP contribution is -2.40. The molecule has 1 aliphatic rings. The highest BCUT2D eigenvalue weighted by Gasteiger charge is 2.42. The molecule has 1 N–H and O–H groups in total. The van der Waals surface area contributed by atoms with Crippen LogP contribution in [0.3, 0.4) is 0 Å². The van der Waals surface area contributed by atoms with E-state index >= 15 is 0 Å². The fourth-order valence-electron chi connectivity index (χ4n) is 2.49. The van der Waals surface area contributed by atoms with Crippen LogP contribution < -0.4 is 5.32 Å². The maximum atomic E-state index is 13.5. The van der Waals surface area contributed by atoms with Crippen molar-refractivity contribution in [2.75, 3.05) is 30.5 Å². The molecular formula is C13H15FN2O4S. The molecule has 2 aromatic rings. The van der Waals surface area contributed by atoms with Crippen molar-refractivity contribution in [2.45, 2.75) is 12.0 Å². The van der Waals surface area contributed by atoms with E-state index in [-0.39, 0.29) is 29.6 Å². The second-order valence-corrected chi connectivity index (χ2v) is 7.37. The van der Waals surface area contributed by atoms with Crippen LogP contribution >= 0.6 is 0 Å². The fourth-order valence-corrected chi connectivity index (χ4v) is 4.48. The molecule has 0 unspecified atom stereocenters. The van der Waals surface area contributed by atoms with E-state index in [1.165, 1.54) is 13.2 Å². The summed E-state index contributed by atoms with van der Waals surface area (Å²) >= 11 is 0. The second kappa shape index (κ2) is 4.96. The molecule has 1 fully saturated rings. The number of nitrogens with zero attached hydrogens (tertiary/aromatic N) is 1. The number of aromatic nitrogens is 1. The van der Waals surface area contributed by atoms with Crippen molar-refractivity contribution in [1.82, 2.24) is 4.98 Å². The first kappa shape index (κ1) is 14.3. The first-order chi connectivity index (χ1) is 9.93. The molecule has 1 aromatic carbocycles. The Bertz CT molecular complexity index is 774. The van der Waals surface area contributed by atoms with Crippen molar-refractivity contribution in [3.05, 3.63) is 24.0 Å². The van der Waals surface area contributed by atoms with Gasteiger partial charge in [0.05, 0.1) is 17.1 Å². The first-order valence-corrected chi connectivity index (χ1v) is 8.30. The van der Waals surface area contributed by atoms with Crippen LogP contribution in [0, 0.1) is 5.82 Å². The number of nitrogens with one attached hydrogen (secondary N) is 1. The molecule has 3 rings (SSSR count). The smallest absolute Gasteiger partial charge is 0.295 e. The molecule has 21 heavy (non-hydrogen) atoms. The predicted molar refractivity (Wildman–Crippen MR) is 75.5 cm³/mol. The van der Waals surface area contributed by atoms with E-state index in [1.54, 1.807) is 12.1 Å². The predicted octanol–water partition coefficient (Wildman–Crippen LogP) is 1.58. The van der Waals surface area contributed by atoms with Crippen LogP contribution in [0.15, 0.2) is 22.6 Å². The van der Waals surface area contributed by atoms with Crippen molar-refractivity contribution in [1.29, 1.82) is 0 Å². The summed E-state index contributed by atoms with van der Waals surface area (Å²) in [4.78, 5) is 4.11. The molecule has 0 spiro atoms. The summed E-state index contributed by atoms with van der Waals surface area (Å²) in [6.07, 6.45) is 0.410. The zero-order valence-electron chi connectivity index (χ0n) is 11.4. The number of rotatable bonds is 4. The summed E-state index contributed by atoms with van der Waals surface area (Å²) in [5, 5.41) is 2.90. The number of oxazole rings is 1. The SMILES string of the molecule is CO[C@@]1(CNc2nc3cccc(F)c3o2)CCS(=O)(=O)C1. The van der Waals surface area contributed by atoms with Gasteiger partial charge in [-0.05, 0) is 18.6 Å². The molecular weight excluding hydrogens is 299 g/mol. The molecule has 0 amide bonds. The zero-order valence-corrected chi connectivity index (χ0v) is 12.2. The van der Waals surface area contributed by atoms with Gasteiger partial charge in [-0.15, -0.1) is 0 Å². The quantitative estimate of drug-likeness (QED) is 0.923. The molecule has 1 aliphatic heterocycles. The van der Waals surface area contributed by atoms with Gasteiger partial charge >= 0.3 is 0 Å². The molecule has 0 bridgehead atoms. The highest BCUT2D eigenvalue weighted by Crippen LogP contribution is 2.28. The van der Waals surface area contributed by atoms with Gasteiger partial charge in [0.1, 0.15) is 5.52 Å². The molecule has 1 aromatic heterocycles. The maximum absolute atomic E-state index is 13.5. The number of fused-ring (bicyclic) bond motifs is 1. The Morgan fingerprint density at radius 2 is 2.33 bits per heavy atom. The number of sulfone groups is 1. The highest BCUT2D eigenvalue weighted by atomic mass is 32.2. The average Bonchev–Trinajstić information content (AvgIpc) is 2.99. The minimum atomic E-state index is -3.08. The Morgan fingerprint density at radius 3 is 2.95 bits per heavy atom. The van der Waals surface area contributed by atoms with Gasteiger partial charge in [0.15, 0.2) is 21.2 Å². The Labute approximate surface area is 121 Å². The van der Waals surface area contributed by atoms with Gasteiger partial charge in [0.2, 0.25) is 0 Å². The number of para-hydroxylation sites is 1. The molecule has 0 saturated carbocycles. The molecule has 1 atom stereocenters. The van der Waals surface area contributed by atoms with E-state index in [0.717, 1.165) is 0 Å². The van der Waals surface area contributed by atoms with Crippen molar-refractivity contribution < 1.29 is 22.0 Å². The number of benzene rings is 1. The van der Waals surface area contributed by atoms with Crippen LogP contribution in [0.25, 0.3) is 11.1 Å². The third kappa shape index (κ3) is 2.73. The van der Waals surface area contributed by atoms with Gasteiger partial charge < -0.3 is 14.5 Å². The summed E-state index contributed by atoms with van der Waals surface area (Å²) in [6, 6.07) is 4.62. The largest absolute Gasteiger partial charge is 0.420 e. The first-order valence-electron chi connectivity index (χ1n) is 6.48. The van der Waals surface area contributed by atoms with Crippen LogP contribution in [0.2, 0.25) is 0 Å². The van der Waals surface area contributed by atoms with Gasteiger partial charge in [-0.1, -0.05) is 6.07 Å². The fraction of sp³-hybridized carbons (Fsp3) is 0.462.